The van der Waals surface area contributed by atoms with E-state index in [9.17, 15) is 4.79 Å². The topological polar surface area (TPSA) is 65.4 Å². The fraction of sp³-hybridized carbons (Fsp3) is 0.238. The van der Waals surface area contributed by atoms with Crippen molar-refractivity contribution in [3.63, 3.8) is 0 Å². The third-order valence-electron chi connectivity index (χ3n) is 4.36. The average molecular weight is 479 g/mol. The number of ether oxygens (including phenoxy) is 2. The molecule has 0 aliphatic rings. The molecule has 0 aliphatic carbocycles. The Hall–Kier alpha value is -2.51. The molecule has 152 valence electrons. The lowest BCUT2D eigenvalue weighted by molar-refractivity contribution is 0.0950. The molecule has 0 fully saturated rings. The fourth-order valence-electron chi connectivity index (χ4n) is 2.91. The van der Waals surface area contributed by atoms with Crippen molar-refractivity contribution in [2.45, 2.75) is 20.4 Å². The van der Waals surface area contributed by atoms with Gasteiger partial charge in [-0.15, -0.1) is 0 Å². The lowest BCUT2D eigenvalue weighted by Crippen LogP contribution is -2.23. The normalized spacial score (nSPS) is 10.7. The van der Waals surface area contributed by atoms with Crippen LogP contribution in [0.15, 0.2) is 47.1 Å². The van der Waals surface area contributed by atoms with Crippen molar-refractivity contribution < 1.29 is 14.3 Å². The van der Waals surface area contributed by atoms with Gasteiger partial charge in [-0.05, 0) is 55.8 Å². The van der Waals surface area contributed by atoms with Gasteiger partial charge in [-0.2, -0.15) is 5.10 Å². The largest absolute Gasteiger partial charge is 0.493 e. The van der Waals surface area contributed by atoms with E-state index in [2.05, 4.69) is 26.3 Å². The summed E-state index contributed by atoms with van der Waals surface area (Å²) in [6.45, 7) is 4.51. The Kier molecular flexibility index (Phi) is 6.82. The standard InChI is InChI=1S/C21H21BrClN3O3/c1-4-29-20-18(23)9-14(10-19(20)28-3)11-24-21(27)17-12-25-26(13(17)2)16-7-5-15(22)6-8-16/h5-10,12H,4,11H2,1-3H3,(H,24,27). The van der Waals surface area contributed by atoms with E-state index < -0.39 is 0 Å². The van der Waals surface area contributed by atoms with Gasteiger partial charge in [0.1, 0.15) is 0 Å². The third-order valence-corrected chi connectivity index (χ3v) is 5.17. The van der Waals surface area contributed by atoms with Crippen molar-refractivity contribution in [1.82, 2.24) is 15.1 Å². The van der Waals surface area contributed by atoms with Gasteiger partial charge in [-0.3, -0.25) is 4.79 Å². The molecule has 0 bridgehead atoms. The number of hydrogen-bond donors (Lipinski definition) is 1. The lowest BCUT2D eigenvalue weighted by atomic mass is 10.2. The maximum atomic E-state index is 12.7. The van der Waals surface area contributed by atoms with Crippen molar-refractivity contribution in [2.24, 2.45) is 0 Å². The number of methoxy groups -OCH3 is 1. The van der Waals surface area contributed by atoms with Crippen LogP contribution < -0.4 is 14.8 Å². The van der Waals surface area contributed by atoms with Gasteiger partial charge < -0.3 is 14.8 Å². The lowest BCUT2D eigenvalue weighted by Gasteiger charge is -2.13. The smallest absolute Gasteiger partial charge is 0.255 e. The van der Waals surface area contributed by atoms with E-state index >= 15 is 0 Å². The number of aromatic nitrogens is 2. The van der Waals surface area contributed by atoms with E-state index in [4.69, 9.17) is 21.1 Å². The molecule has 1 heterocycles. The first-order valence-electron chi connectivity index (χ1n) is 9.02. The molecule has 3 aromatic rings. The zero-order valence-corrected chi connectivity index (χ0v) is 18.7. The molecular formula is C21H21BrClN3O3. The second kappa shape index (κ2) is 9.33. The summed E-state index contributed by atoms with van der Waals surface area (Å²) < 4.78 is 13.6. The summed E-state index contributed by atoms with van der Waals surface area (Å²) in [6, 6.07) is 11.3. The van der Waals surface area contributed by atoms with Gasteiger partial charge in [0.05, 0.1) is 41.9 Å². The van der Waals surface area contributed by atoms with E-state index in [0.29, 0.717) is 35.2 Å². The van der Waals surface area contributed by atoms with Crippen molar-refractivity contribution >= 4 is 33.4 Å². The highest BCUT2D eigenvalue weighted by Crippen LogP contribution is 2.36. The van der Waals surface area contributed by atoms with Crippen LogP contribution in [0.2, 0.25) is 5.02 Å². The van der Waals surface area contributed by atoms with E-state index in [0.717, 1.165) is 21.4 Å². The summed E-state index contributed by atoms with van der Waals surface area (Å²) in [4.78, 5) is 12.7. The second-order valence-electron chi connectivity index (χ2n) is 6.26. The molecule has 3 rings (SSSR count). The van der Waals surface area contributed by atoms with Crippen LogP contribution in [0, 0.1) is 6.92 Å². The zero-order valence-electron chi connectivity index (χ0n) is 16.3. The number of halogens is 2. The minimum Gasteiger partial charge on any atom is -0.493 e. The molecule has 29 heavy (non-hydrogen) atoms. The summed E-state index contributed by atoms with van der Waals surface area (Å²) in [5.41, 5.74) is 2.96. The van der Waals surface area contributed by atoms with Crippen molar-refractivity contribution in [3.8, 4) is 17.2 Å². The number of hydrogen-bond acceptors (Lipinski definition) is 4. The molecule has 1 N–H and O–H groups in total. The van der Waals surface area contributed by atoms with Crippen LogP contribution in [0.5, 0.6) is 11.5 Å². The number of nitrogens with zero attached hydrogens (tertiary/aromatic N) is 2. The Morgan fingerprint density at radius 2 is 2.00 bits per heavy atom. The Balaban J connectivity index is 1.75. The van der Waals surface area contributed by atoms with E-state index in [1.807, 2.05) is 38.1 Å². The fourth-order valence-corrected chi connectivity index (χ4v) is 3.46. The molecule has 8 heteroatoms. The van der Waals surface area contributed by atoms with Crippen LogP contribution in [0.1, 0.15) is 28.5 Å². The Morgan fingerprint density at radius 3 is 2.66 bits per heavy atom. The van der Waals surface area contributed by atoms with Gasteiger partial charge in [0.25, 0.3) is 5.91 Å². The van der Waals surface area contributed by atoms with Crippen LogP contribution in [0.25, 0.3) is 5.69 Å². The maximum absolute atomic E-state index is 12.7. The molecule has 0 saturated heterocycles. The first kappa shape index (κ1) is 21.2. The molecule has 0 spiro atoms. The van der Waals surface area contributed by atoms with Gasteiger partial charge in [0, 0.05) is 11.0 Å². The molecule has 1 aromatic heterocycles. The Morgan fingerprint density at radius 1 is 1.28 bits per heavy atom. The summed E-state index contributed by atoms with van der Waals surface area (Å²) in [5, 5.41) is 7.69. The molecule has 6 nitrogen and oxygen atoms in total. The minimum absolute atomic E-state index is 0.213. The number of amides is 1. The number of rotatable bonds is 7. The number of benzene rings is 2. The molecule has 0 atom stereocenters. The highest BCUT2D eigenvalue weighted by atomic mass is 79.9. The highest BCUT2D eigenvalue weighted by Gasteiger charge is 2.16. The third kappa shape index (κ3) is 4.74. The van der Waals surface area contributed by atoms with Crippen LogP contribution in [-0.4, -0.2) is 29.4 Å². The van der Waals surface area contributed by atoms with Crippen molar-refractivity contribution in [2.75, 3.05) is 13.7 Å². The molecule has 0 saturated carbocycles. The molecule has 0 radical (unpaired) electrons. The van der Waals surface area contributed by atoms with Crippen LogP contribution in [0.3, 0.4) is 0 Å². The molecule has 0 unspecified atom stereocenters. The van der Waals surface area contributed by atoms with Crippen molar-refractivity contribution in [1.29, 1.82) is 0 Å². The average Bonchev–Trinajstić information content (AvgIpc) is 3.10. The highest BCUT2D eigenvalue weighted by molar-refractivity contribution is 9.10. The van der Waals surface area contributed by atoms with E-state index in [1.54, 1.807) is 30.1 Å². The molecular weight excluding hydrogens is 458 g/mol. The van der Waals surface area contributed by atoms with Gasteiger partial charge in [0.2, 0.25) is 0 Å². The van der Waals surface area contributed by atoms with E-state index in [-0.39, 0.29) is 5.91 Å². The number of carbonyl (C=O) groups is 1. The Labute approximate surface area is 182 Å². The van der Waals surface area contributed by atoms with E-state index in [1.165, 1.54) is 0 Å². The first-order valence-corrected chi connectivity index (χ1v) is 10.2. The number of nitrogens with one attached hydrogen (secondary N) is 1. The summed E-state index contributed by atoms with van der Waals surface area (Å²) in [5.74, 6) is 0.816. The predicted octanol–water partition coefficient (Wildman–Crippen LogP) is 4.93. The summed E-state index contributed by atoms with van der Waals surface area (Å²) >= 11 is 9.71. The van der Waals surface area contributed by atoms with Crippen LogP contribution in [-0.2, 0) is 6.54 Å². The van der Waals surface area contributed by atoms with Gasteiger partial charge in [-0.25, -0.2) is 4.68 Å². The zero-order chi connectivity index (χ0) is 21.0. The molecule has 2 aromatic carbocycles. The quantitative estimate of drug-likeness (QED) is 0.523. The minimum atomic E-state index is -0.213. The van der Waals surface area contributed by atoms with Gasteiger partial charge in [-0.1, -0.05) is 27.5 Å². The van der Waals surface area contributed by atoms with Gasteiger partial charge in [0.15, 0.2) is 11.5 Å². The second-order valence-corrected chi connectivity index (χ2v) is 7.58. The SMILES string of the molecule is CCOc1c(Cl)cc(CNC(=O)c2cnn(-c3ccc(Br)cc3)c2C)cc1OC. The summed E-state index contributed by atoms with van der Waals surface area (Å²) in [6.07, 6.45) is 1.57. The predicted molar refractivity (Wildman–Crippen MR) is 116 cm³/mol. The maximum Gasteiger partial charge on any atom is 0.255 e. The van der Waals surface area contributed by atoms with Crippen molar-refractivity contribution in [3.05, 3.63) is 68.9 Å². The number of carbonyl (C=O) groups excluding carboxylic acids is 1. The van der Waals surface area contributed by atoms with Crippen LogP contribution in [0.4, 0.5) is 0 Å². The molecule has 0 aliphatic heterocycles. The first-order chi connectivity index (χ1) is 13.9. The Bertz CT molecular complexity index is 1020. The monoisotopic (exact) mass is 477 g/mol. The van der Waals surface area contributed by atoms with Crippen LogP contribution >= 0.6 is 27.5 Å². The summed E-state index contributed by atoms with van der Waals surface area (Å²) in [7, 11) is 1.55. The molecule has 1 amide bonds. The van der Waals surface area contributed by atoms with Gasteiger partial charge >= 0.3 is 0 Å².